The Morgan fingerprint density at radius 3 is 1.79 bits per heavy atom. The number of anilines is 3. The minimum absolute atomic E-state index is 0.921. The average molecular weight is 750 g/mol. The second kappa shape index (κ2) is 12.4. The third-order valence-electron chi connectivity index (χ3n) is 11.3. The molecule has 56 heavy (non-hydrogen) atoms. The van der Waals surface area contributed by atoms with E-state index in [0.29, 0.717) is 0 Å². The van der Waals surface area contributed by atoms with Crippen LogP contribution in [0.4, 0.5) is 17.1 Å². The van der Waals surface area contributed by atoms with E-state index < -0.39 is 0 Å². The normalized spacial score (nSPS) is 11.9. The molecule has 3 heterocycles. The van der Waals surface area contributed by atoms with Crippen molar-refractivity contribution in [3.63, 3.8) is 0 Å². The number of para-hydroxylation sites is 1. The summed E-state index contributed by atoms with van der Waals surface area (Å²) in [6.07, 6.45) is 0. The van der Waals surface area contributed by atoms with Crippen LogP contribution in [-0.4, -0.2) is 0 Å². The molecule has 2 nitrogen and oxygen atoms in total. The van der Waals surface area contributed by atoms with E-state index in [1.807, 2.05) is 28.7 Å². The van der Waals surface area contributed by atoms with E-state index in [9.17, 15) is 0 Å². The van der Waals surface area contributed by atoms with Crippen LogP contribution in [0.5, 0.6) is 0 Å². The lowest BCUT2D eigenvalue weighted by atomic mass is 9.98. The number of thiophene rings is 2. The van der Waals surface area contributed by atoms with Crippen LogP contribution in [0.1, 0.15) is 0 Å². The van der Waals surface area contributed by atoms with Gasteiger partial charge in [0.25, 0.3) is 0 Å². The molecule has 0 N–H and O–H groups in total. The number of hydrogen-bond acceptors (Lipinski definition) is 4. The van der Waals surface area contributed by atoms with Crippen molar-refractivity contribution in [2.45, 2.75) is 0 Å². The highest BCUT2D eigenvalue weighted by molar-refractivity contribution is 7.26. The molecule has 9 aromatic carbocycles. The summed E-state index contributed by atoms with van der Waals surface area (Å²) in [5.41, 5.74) is 10.1. The fourth-order valence-electron chi connectivity index (χ4n) is 8.54. The minimum atomic E-state index is 0.921. The summed E-state index contributed by atoms with van der Waals surface area (Å²) < 4.78 is 11.7. The molecule has 0 aliphatic heterocycles. The highest BCUT2D eigenvalue weighted by atomic mass is 32.1. The van der Waals surface area contributed by atoms with Crippen LogP contribution in [-0.2, 0) is 0 Å². The maximum absolute atomic E-state index is 6.57. The van der Waals surface area contributed by atoms with Crippen LogP contribution in [0, 0.1) is 0 Å². The molecule has 0 amide bonds. The maximum Gasteiger partial charge on any atom is 0.144 e. The summed E-state index contributed by atoms with van der Waals surface area (Å²) >= 11 is 3.71. The Balaban J connectivity index is 0.984. The van der Waals surface area contributed by atoms with Gasteiger partial charge in [0.15, 0.2) is 0 Å². The van der Waals surface area contributed by atoms with Gasteiger partial charge >= 0.3 is 0 Å². The number of furan rings is 1. The lowest BCUT2D eigenvalue weighted by Gasteiger charge is -2.26. The Kier molecular flexibility index (Phi) is 7.00. The molecule has 0 aliphatic rings. The van der Waals surface area contributed by atoms with Gasteiger partial charge in [-0.05, 0) is 94.2 Å². The van der Waals surface area contributed by atoms with Crippen LogP contribution in [0.25, 0.3) is 95.3 Å². The Morgan fingerprint density at radius 2 is 0.982 bits per heavy atom. The monoisotopic (exact) mass is 749 g/mol. The van der Waals surface area contributed by atoms with Gasteiger partial charge in [0.05, 0.1) is 0 Å². The second-order valence-corrected chi connectivity index (χ2v) is 16.6. The second-order valence-electron chi connectivity index (χ2n) is 14.5. The smallest absolute Gasteiger partial charge is 0.144 e. The van der Waals surface area contributed by atoms with Crippen molar-refractivity contribution in [2.24, 2.45) is 0 Å². The summed E-state index contributed by atoms with van der Waals surface area (Å²) in [7, 11) is 0. The van der Waals surface area contributed by atoms with E-state index in [1.165, 1.54) is 73.4 Å². The quantitative estimate of drug-likeness (QED) is 0.174. The molecular formula is C52H31NOS2. The molecule has 0 radical (unpaired) electrons. The van der Waals surface area contributed by atoms with Gasteiger partial charge in [0, 0.05) is 73.7 Å². The molecule has 4 heteroatoms. The van der Waals surface area contributed by atoms with Gasteiger partial charge in [-0.1, -0.05) is 121 Å². The van der Waals surface area contributed by atoms with Gasteiger partial charge < -0.3 is 9.32 Å². The first-order chi connectivity index (χ1) is 27.7. The summed E-state index contributed by atoms with van der Waals surface area (Å²) in [5, 5.41) is 9.83. The molecule has 262 valence electrons. The highest BCUT2D eigenvalue weighted by Gasteiger charge is 2.20. The summed E-state index contributed by atoms with van der Waals surface area (Å²) in [6, 6.07) is 68.5. The Bertz CT molecular complexity index is 3480. The van der Waals surface area contributed by atoms with Crippen LogP contribution >= 0.6 is 22.7 Å². The molecule has 0 atom stereocenters. The molecule has 0 saturated carbocycles. The number of hydrogen-bond donors (Lipinski definition) is 0. The number of fused-ring (bicyclic) bond motifs is 11. The van der Waals surface area contributed by atoms with Crippen molar-refractivity contribution < 1.29 is 4.42 Å². The van der Waals surface area contributed by atoms with Crippen LogP contribution < -0.4 is 4.90 Å². The predicted octanol–water partition coefficient (Wildman–Crippen LogP) is 16.3. The van der Waals surface area contributed by atoms with E-state index in [4.69, 9.17) is 4.42 Å². The molecule has 12 rings (SSSR count). The molecule has 0 fully saturated rings. The van der Waals surface area contributed by atoms with Gasteiger partial charge in [-0.3, -0.25) is 0 Å². The standard InChI is InChI=1S/C52H31NOS2/c1-2-10-35-29-39(27-19-32(35)9-1)53(37-23-17-33(18-24-37)36-22-28-42-41-12-4-7-15-47(41)55-49(42)30-36)38-25-20-34(21-26-38)44-31-45-40-11-3-6-14-46(40)54-51(45)50-43-13-5-8-16-48(43)56-52(44)50/h1-31H. The van der Waals surface area contributed by atoms with Gasteiger partial charge in [0.1, 0.15) is 11.2 Å². The van der Waals surface area contributed by atoms with E-state index in [2.05, 4.69) is 187 Å². The minimum Gasteiger partial charge on any atom is -0.455 e. The topological polar surface area (TPSA) is 16.4 Å². The Labute approximate surface area is 330 Å². The zero-order valence-electron chi connectivity index (χ0n) is 30.1. The number of rotatable bonds is 5. The maximum atomic E-state index is 6.57. The van der Waals surface area contributed by atoms with Crippen molar-refractivity contribution in [1.82, 2.24) is 0 Å². The molecule has 0 aliphatic carbocycles. The number of benzene rings is 9. The number of nitrogens with zero attached hydrogens (tertiary/aromatic N) is 1. The molecule has 12 aromatic rings. The first-order valence-electron chi connectivity index (χ1n) is 18.9. The van der Waals surface area contributed by atoms with E-state index in [-0.39, 0.29) is 0 Å². The zero-order valence-corrected chi connectivity index (χ0v) is 31.7. The van der Waals surface area contributed by atoms with E-state index in [0.717, 1.165) is 39.0 Å². The van der Waals surface area contributed by atoms with E-state index in [1.54, 1.807) is 0 Å². The SMILES string of the molecule is c1ccc2cc(N(c3ccc(-c4ccc5c(c4)sc4ccccc45)cc3)c3ccc(-c4cc5c6ccccc6oc5c5c4sc4ccccc45)cc3)ccc2c1. The Morgan fingerprint density at radius 1 is 0.375 bits per heavy atom. The molecule has 0 unspecified atom stereocenters. The fraction of sp³-hybridized carbons (Fsp3) is 0. The predicted molar refractivity (Wildman–Crippen MR) is 243 cm³/mol. The van der Waals surface area contributed by atoms with Gasteiger partial charge in [-0.15, -0.1) is 22.7 Å². The van der Waals surface area contributed by atoms with Gasteiger partial charge in [-0.25, -0.2) is 0 Å². The van der Waals surface area contributed by atoms with Gasteiger partial charge in [-0.2, -0.15) is 0 Å². The molecule has 0 spiro atoms. The Hall–Kier alpha value is -6.72. The fourth-order valence-corrected chi connectivity index (χ4v) is 10.9. The van der Waals surface area contributed by atoms with Crippen molar-refractivity contribution in [3.8, 4) is 22.3 Å². The summed E-state index contributed by atoms with van der Waals surface area (Å²) in [5.74, 6) is 0. The summed E-state index contributed by atoms with van der Waals surface area (Å²) in [6.45, 7) is 0. The van der Waals surface area contributed by atoms with Crippen LogP contribution in [0.2, 0.25) is 0 Å². The zero-order chi connectivity index (χ0) is 36.7. The average Bonchev–Trinajstić information content (AvgIpc) is 3.95. The summed E-state index contributed by atoms with van der Waals surface area (Å²) in [4.78, 5) is 2.37. The lowest BCUT2D eigenvalue weighted by molar-refractivity contribution is 0.673. The molecule has 0 bridgehead atoms. The molecule has 0 saturated heterocycles. The largest absolute Gasteiger partial charge is 0.455 e. The third-order valence-corrected chi connectivity index (χ3v) is 13.6. The molecular weight excluding hydrogens is 719 g/mol. The van der Waals surface area contributed by atoms with Crippen molar-refractivity contribution >= 4 is 113 Å². The van der Waals surface area contributed by atoms with Crippen LogP contribution in [0.15, 0.2) is 192 Å². The first kappa shape index (κ1) is 31.6. The first-order valence-corrected chi connectivity index (χ1v) is 20.5. The third kappa shape index (κ3) is 4.93. The highest BCUT2D eigenvalue weighted by Crippen LogP contribution is 2.47. The molecule has 3 aromatic heterocycles. The van der Waals surface area contributed by atoms with E-state index >= 15 is 0 Å². The lowest BCUT2D eigenvalue weighted by Crippen LogP contribution is -2.09. The van der Waals surface area contributed by atoms with Crippen molar-refractivity contribution in [3.05, 3.63) is 188 Å². The van der Waals surface area contributed by atoms with Gasteiger partial charge in [0.2, 0.25) is 0 Å². The van der Waals surface area contributed by atoms with Crippen molar-refractivity contribution in [2.75, 3.05) is 4.90 Å². The van der Waals surface area contributed by atoms with Crippen LogP contribution in [0.3, 0.4) is 0 Å². The van der Waals surface area contributed by atoms with Crippen molar-refractivity contribution in [1.29, 1.82) is 0 Å².